The molecule has 7 heteroatoms. The third-order valence-corrected chi connectivity index (χ3v) is 6.08. The van der Waals surface area contributed by atoms with Crippen LogP contribution in [0.3, 0.4) is 0 Å². The lowest BCUT2D eigenvalue weighted by atomic mass is 10.1. The van der Waals surface area contributed by atoms with Gasteiger partial charge in [0.05, 0.1) is 25.9 Å². The molecule has 1 aromatic carbocycles. The number of morpholine rings is 2. The largest absolute Gasteiger partial charge is 0.378 e. The number of aryl methyl sites for hydroxylation is 1. The molecule has 0 saturated carbocycles. The zero-order valence-electron chi connectivity index (χ0n) is 17.0. The molecule has 1 N–H and O–H groups in total. The van der Waals surface area contributed by atoms with Crippen molar-refractivity contribution in [3.8, 4) is 0 Å². The van der Waals surface area contributed by atoms with E-state index < -0.39 is 0 Å². The van der Waals surface area contributed by atoms with Crippen molar-refractivity contribution in [1.29, 1.82) is 0 Å². The number of benzene rings is 1. The molecule has 0 unspecified atom stereocenters. The maximum Gasteiger partial charge on any atom is 0.227 e. The maximum absolute atomic E-state index is 6.18. The van der Waals surface area contributed by atoms with E-state index in [1.54, 1.807) is 0 Å². The number of rotatable bonds is 4. The van der Waals surface area contributed by atoms with E-state index in [1.165, 1.54) is 5.56 Å². The van der Waals surface area contributed by atoms with E-state index >= 15 is 0 Å². The van der Waals surface area contributed by atoms with Gasteiger partial charge in [0.1, 0.15) is 5.82 Å². The monoisotopic (exact) mass is 395 g/mol. The van der Waals surface area contributed by atoms with Crippen LogP contribution in [0, 0.1) is 6.92 Å². The van der Waals surface area contributed by atoms with E-state index in [2.05, 4.69) is 50.4 Å². The van der Waals surface area contributed by atoms with Gasteiger partial charge in [0.15, 0.2) is 0 Å². The van der Waals surface area contributed by atoms with E-state index in [0.29, 0.717) is 12.1 Å². The molecule has 5 rings (SSSR count). The van der Waals surface area contributed by atoms with Crippen LogP contribution in [-0.4, -0.2) is 73.0 Å². The van der Waals surface area contributed by atoms with Crippen LogP contribution in [0.4, 0.5) is 11.8 Å². The van der Waals surface area contributed by atoms with Crippen LogP contribution in [-0.2, 0) is 9.47 Å². The van der Waals surface area contributed by atoms with Crippen LogP contribution >= 0.6 is 0 Å². The zero-order valence-corrected chi connectivity index (χ0v) is 17.0. The Bertz CT molecular complexity index is 827. The fourth-order valence-corrected chi connectivity index (χ4v) is 4.59. The molecule has 3 aliphatic heterocycles. The molecule has 3 fully saturated rings. The minimum atomic E-state index is 0.167. The summed E-state index contributed by atoms with van der Waals surface area (Å²) in [5.74, 6) is 1.73. The lowest BCUT2D eigenvalue weighted by molar-refractivity contribution is -0.0501. The summed E-state index contributed by atoms with van der Waals surface area (Å²) >= 11 is 0. The van der Waals surface area contributed by atoms with Crippen LogP contribution in [0.15, 0.2) is 36.4 Å². The number of nitrogens with one attached hydrogen (secondary N) is 1. The Morgan fingerprint density at radius 1 is 1.07 bits per heavy atom. The molecule has 1 aromatic heterocycles. The Hall–Kier alpha value is -2.22. The topological polar surface area (TPSA) is 62.8 Å². The van der Waals surface area contributed by atoms with Gasteiger partial charge in [0, 0.05) is 50.0 Å². The summed E-state index contributed by atoms with van der Waals surface area (Å²) in [5, 5.41) is 3.67. The van der Waals surface area contributed by atoms with Gasteiger partial charge in [0.25, 0.3) is 0 Å². The second-order valence-corrected chi connectivity index (χ2v) is 8.21. The highest BCUT2D eigenvalue weighted by Gasteiger charge is 2.37. The molecule has 0 bridgehead atoms. The molecule has 3 atom stereocenters. The van der Waals surface area contributed by atoms with Crippen molar-refractivity contribution in [2.45, 2.75) is 31.5 Å². The van der Waals surface area contributed by atoms with Crippen LogP contribution in [0.5, 0.6) is 0 Å². The van der Waals surface area contributed by atoms with E-state index in [4.69, 9.17) is 14.5 Å². The molecule has 154 valence electrons. The quantitative estimate of drug-likeness (QED) is 0.852. The van der Waals surface area contributed by atoms with Crippen LogP contribution in [0.2, 0.25) is 0 Å². The number of nitrogens with zero attached hydrogens (tertiary/aromatic N) is 4. The minimum absolute atomic E-state index is 0.167. The minimum Gasteiger partial charge on any atom is -0.378 e. The van der Waals surface area contributed by atoms with Crippen molar-refractivity contribution in [3.63, 3.8) is 0 Å². The molecule has 29 heavy (non-hydrogen) atoms. The van der Waals surface area contributed by atoms with Gasteiger partial charge in [0.2, 0.25) is 5.95 Å². The molecule has 2 aromatic rings. The first-order chi connectivity index (χ1) is 14.2. The van der Waals surface area contributed by atoms with Crippen LogP contribution < -0.4 is 10.2 Å². The molecule has 0 spiro atoms. The highest BCUT2D eigenvalue weighted by molar-refractivity contribution is 5.45. The summed E-state index contributed by atoms with van der Waals surface area (Å²) in [6.07, 6.45) is 1.25. The summed E-state index contributed by atoms with van der Waals surface area (Å²) in [7, 11) is 0. The van der Waals surface area contributed by atoms with Gasteiger partial charge in [-0.05, 0) is 18.9 Å². The normalized spacial score (nSPS) is 27.6. The van der Waals surface area contributed by atoms with Crippen molar-refractivity contribution in [2.75, 3.05) is 56.2 Å². The predicted octanol–water partition coefficient (Wildman–Crippen LogP) is 2.25. The van der Waals surface area contributed by atoms with Gasteiger partial charge in [-0.2, -0.15) is 4.98 Å². The Balaban J connectivity index is 1.24. The van der Waals surface area contributed by atoms with E-state index in [1.807, 2.05) is 13.0 Å². The SMILES string of the molecule is Cc1cc(N[C@H]2C[C@H]3CO[C@@H](c4ccccc4)CN3C2)nc(N2CCOCC2)n1. The lowest BCUT2D eigenvalue weighted by Crippen LogP contribution is -2.42. The molecule has 0 aliphatic carbocycles. The zero-order chi connectivity index (χ0) is 19.6. The van der Waals surface area contributed by atoms with Gasteiger partial charge in [-0.25, -0.2) is 4.98 Å². The number of fused-ring (bicyclic) bond motifs is 1. The van der Waals surface area contributed by atoms with Crippen molar-refractivity contribution < 1.29 is 9.47 Å². The Morgan fingerprint density at radius 3 is 2.72 bits per heavy atom. The Morgan fingerprint density at radius 2 is 1.90 bits per heavy atom. The first-order valence-electron chi connectivity index (χ1n) is 10.6. The average Bonchev–Trinajstić information content (AvgIpc) is 3.16. The smallest absolute Gasteiger partial charge is 0.227 e. The number of hydrogen-bond donors (Lipinski definition) is 1. The molecule has 0 amide bonds. The van der Waals surface area contributed by atoms with Gasteiger partial charge in [-0.3, -0.25) is 4.90 Å². The van der Waals surface area contributed by atoms with Gasteiger partial charge < -0.3 is 19.7 Å². The highest BCUT2D eigenvalue weighted by Crippen LogP contribution is 2.31. The summed E-state index contributed by atoms with van der Waals surface area (Å²) in [5.41, 5.74) is 2.26. The third kappa shape index (κ3) is 4.22. The number of ether oxygens (including phenoxy) is 2. The van der Waals surface area contributed by atoms with Crippen LogP contribution in [0.25, 0.3) is 0 Å². The molecule has 3 aliphatic rings. The molecule has 3 saturated heterocycles. The highest BCUT2D eigenvalue weighted by atomic mass is 16.5. The fraction of sp³-hybridized carbons (Fsp3) is 0.545. The molecule has 7 nitrogen and oxygen atoms in total. The number of aromatic nitrogens is 2. The molecule has 4 heterocycles. The Kier molecular flexibility index (Phi) is 5.35. The van der Waals surface area contributed by atoms with Crippen molar-refractivity contribution in [2.24, 2.45) is 0 Å². The van der Waals surface area contributed by atoms with E-state index in [0.717, 1.165) is 69.9 Å². The summed E-state index contributed by atoms with van der Waals surface area (Å²) in [6.45, 7) is 7.97. The van der Waals surface area contributed by atoms with E-state index in [-0.39, 0.29) is 6.10 Å². The average molecular weight is 396 g/mol. The van der Waals surface area contributed by atoms with Gasteiger partial charge in [-0.15, -0.1) is 0 Å². The summed E-state index contributed by atoms with van der Waals surface area (Å²) in [6, 6.07) is 13.5. The standard InChI is InChI=1S/C22H29N5O2/c1-16-11-21(25-22(23-16)26-7-9-28-10-8-26)24-18-12-19-15-29-20(14-27(19)13-18)17-5-3-2-4-6-17/h2-6,11,18-20H,7-10,12-15H2,1H3,(H,23,24,25)/t18-,19-,20+/m0/s1. The fourth-order valence-electron chi connectivity index (χ4n) is 4.59. The van der Waals surface area contributed by atoms with Crippen LogP contribution in [0.1, 0.15) is 23.8 Å². The third-order valence-electron chi connectivity index (χ3n) is 6.08. The Labute approximate surface area is 172 Å². The van der Waals surface area contributed by atoms with Crippen molar-refractivity contribution in [3.05, 3.63) is 47.7 Å². The lowest BCUT2D eigenvalue weighted by Gasteiger charge is -2.35. The van der Waals surface area contributed by atoms with Crippen molar-refractivity contribution in [1.82, 2.24) is 14.9 Å². The number of anilines is 2. The van der Waals surface area contributed by atoms with Crippen molar-refractivity contribution >= 4 is 11.8 Å². The number of hydrogen-bond acceptors (Lipinski definition) is 7. The molecular weight excluding hydrogens is 366 g/mol. The predicted molar refractivity (Wildman–Crippen MR) is 112 cm³/mol. The molecule has 0 radical (unpaired) electrons. The molecular formula is C22H29N5O2. The first-order valence-corrected chi connectivity index (χ1v) is 10.6. The van der Waals surface area contributed by atoms with E-state index in [9.17, 15) is 0 Å². The summed E-state index contributed by atoms with van der Waals surface area (Å²) < 4.78 is 11.6. The maximum atomic E-state index is 6.18. The van der Waals surface area contributed by atoms with Gasteiger partial charge >= 0.3 is 0 Å². The second kappa shape index (κ2) is 8.26. The summed E-state index contributed by atoms with van der Waals surface area (Å²) in [4.78, 5) is 14.2. The second-order valence-electron chi connectivity index (χ2n) is 8.21. The van der Waals surface area contributed by atoms with Gasteiger partial charge in [-0.1, -0.05) is 30.3 Å². The first kappa shape index (κ1) is 18.8.